The Bertz CT molecular complexity index is 393. The van der Waals surface area contributed by atoms with E-state index in [1.807, 2.05) is 0 Å². The Labute approximate surface area is 90.5 Å². The molecule has 0 aliphatic rings. The van der Waals surface area contributed by atoms with E-state index in [2.05, 4.69) is 0 Å². The van der Waals surface area contributed by atoms with E-state index in [-0.39, 0.29) is 12.1 Å². The normalized spacial score (nSPS) is 13.8. The van der Waals surface area contributed by atoms with Crippen LogP contribution >= 0.6 is 0 Å². The predicted molar refractivity (Wildman–Crippen MR) is 41.5 cm³/mol. The average Bonchev–Trinajstić information content (AvgIpc) is 2.16. The SMILES string of the molecule is [O]c1ccc(C(F)(F)C(F)(F)C(F)(F)F)cc1. The third kappa shape index (κ3) is 2.16. The molecule has 1 rings (SSSR count). The van der Waals surface area contributed by atoms with Gasteiger partial charge in [-0.3, -0.25) is 5.11 Å². The van der Waals surface area contributed by atoms with Crippen molar-refractivity contribution in [1.82, 2.24) is 0 Å². The van der Waals surface area contributed by atoms with E-state index in [4.69, 9.17) is 0 Å². The molecule has 0 saturated heterocycles. The van der Waals surface area contributed by atoms with Crippen LogP contribution in [0.25, 0.3) is 0 Å². The molecule has 0 atom stereocenters. The van der Waals surface area contributed by atoms with Crippen LogP contribution in [0.1, 0.15) is 5.56 Å². The van der Waals surface area contributed by atoms with E-state index in [0.717, 1.165) is 0 Å². The van der Waals surface area contributed by atoms with E-state index in [9.17, 15) is 35.8 Å². The zero-order valence-electron chi connectivity index (χ0n) is 7.86. The van der Waals surface area contributed by atoms with Gasteiger partial charge in [0.2, 0.25) is 0 Å². The summed E-state index contributed by atoms with van der Waals surface area (Å²) in [5.74, 6) is -12.4. The molecule has 0 fully saturated rings. The summed E-state index contributed by atoms with van der Waals surface area (Å²) in [6.07, 6.45) is -6.38. The lowest BCUT2D eigenvalue weighted by molar-refractivity contribution is -0.359. The van der Waals surface area contributed by atoms with Gasteiger partial charge in [-0.15, -0.1) is 0 Å². The number of hydrogen-bond acceptors (Lipinski definition) is 0. The first kappa shape index (κ1) is 13.6. The number of alkyl halides is 7. The van der Waals surface area contributed by atoms with E-state index < -0.39 is 29.3 Å². The van der Waals surface area contributed by atoms with Crippen LogP contribution in [0, 0.1) is 0 Å². The molecule has 1 aromatic rings. The van der Waals surface area contributed by atoms with Gasteiger partial charge in [0, 0.05) is 5.56 Å². The van der Waals surface area contributed by atoms with Gasteiger partial charge in [-0.2, -0.15) is 30.7 Å². The highest BCUT2D eigenvalue weighted by molar-refractivity contribution is 5.30. The lowest BCUT2D eigenvalue weighted by Gasteiger charge is -2.28. The molecule has 0 spiro atoms. The lowest BCUT2D eigenvalue weighted by atomic mass is 10.0. The molecule has 17 heavy (non-hydrogen) atoms. The molecule has 1 radical (unpaired) electrons. The number of benzene rings is 1. The van der Waals surface area contributed by atoms with Crippen molar-refractivity contribution in [1.29, 1.82) is 0 Å². The fourth-order valence-electron chi connectivity index (χ4n) is 1.02. The molecule has 0 aromatic heterocycles. The summed E-state index contributed by atoms with van der Waals surface area (Å²) in [4.78, 5) is 0. The summed E-state index contributed by atoms with van der Waals surface area (Å²) >= 11 is 0. The number of hydrogen-bond donors (Lipinski definition) is 0. The topological polar surface area (TPSA) is 19.9 Å². The average molecular weight is 261 g/mol. The van der Waals surface area contributed by atoms with Crippen molar-refractivity contribution < 1.29 is 35.8 Å². The first-order chi connectivity index (χ1) is 7.50. The minimum atomic E-state index is -6.38. The van der Waals surface area contributed by atoms with Crippen molar-refractivity contribution in [2.24, 2.45) is 0 Å². The second-order valence-corrected chi connectivity index (χ2v) is 3.17. The Morgan fingerprint density at radius 3 is 1.53 bits per heavy atom. The van der Waals surface area contributed by atoms with Crippen molar-refractivity contribution in [2.75, 3.05) is 0 Å². The van der Waals surface area contributed by atoms with Crippen LogP contribution in [0.2, 0.25) is 0 Å². The maximum atomic E-state index is 13.0. The fraction of sp³-hybridized carbons (Fsp3) is 0.333. The minimum Gasteiger partial charge on any atom is -0.290 e. The molecule has 1 nitrogen and oxygen atoms in total. The Morgan fingerprint density at radius 2 is 1.18 bits per heavy atom. The Morgan fingerprint density at radius 1 is 0.765 bits per heavy atom. The van der Waals surface area contributed by atoms with Crippen LogP contribution in [0.4, 0.5) is 30.7 Å². The van der Waals surface area contributed by atoms with Gasteiger partial charge in [0.1, 0.15) is 0 Å². The first-order valence-electron chi connectivity index (χ1n) is 4.10. The fourth-order valence-corrected chi connectivity index (χ4v) is 1.02. The lowest BCUT2D eigenvalue weighted by Crippen LogP contribution is -2.49. The molecule has 0 aliphatic carbocycles. The van der Waals surface area contributed by atoms with Crippen LogP contribution in [-0.2, 0) is 11.0 Å². The van der Waals surface area contributed by atoms with Gasteiger partial charge in [0.15, 0.2) is 5.75 Å². The molecular weight excluding hydrogens is 257 g/mol. The maximum absolute atomic E-state index is 13.0. The summed E-state index contributed by atoms with van der Waals surface area (Å²) in [6.45, 7) is 0. The zero-order valence-corrected chi connectivity index (χ0v) is 7.86. The minimum absolute atomic E-state index is 0.238. The smallest absolute Gasteiger partial charge is 0.290 e. The second kappa shape index (κ2) is 3.78. The number of halogens is 7. The third-order valence-corrected chi connectivity index (χ3v) is 1.97. The van der Waals surface area contributed by atoms with E-state index in [0.29, 0.717) is 12.1 Å². The van der Waals surface area contributed by atoms with Crippen molar-refractivity contribution >= 4 is 0 Å². The van der Waals surface area contributed by atoms with Crippen molar-refractivity contribution in [3.05, 3.63) is 29.8 Å². The van der Waals surface area contributed by atoms with Crippen LogP contribution < -0.4 is 0 Å². The molecule has 0 amide bonds. The largest absolute Gasteiger partial charge is 0.460 e. The van der Waals surface area contributed by atoms with Gasteiger partial charge >= 0.3 is 18.0 Å². The molecule has 0 aliphatic heterocycles. The van der Waals surface area contributed by atoms with Gasteiger partial charge in [-0.1, -0.05) is 0 Å². The van der Waals surface area contributed by atoms with Crippen LogP contribution in [-0.4, -0.2) is 12.1 Å². The van der Waals surface area contributed by atoms with Gasteiger partial charge in [-0.05, 0) is 24.3 Å². The van der Waals surface area contributed by atoms with Gasteiger partial charge < -0.3 is 0 Å². The molecule has 0 saturated carbocycles. The Kier molecular flexibility index (Phi) is 3.02. The highest BCUT2D eigenvalue weighted by Gasteiger charge is 2.73. The summed E-state index contributed by atoms with van der Waals surface area (Å²) in [7, 11) is 0. The van der Waals surface area contributed by atoms with E-state index in [1.54, 1.807) is 0 Å². The summed E-state index contributed by atoms with van der Waals surface area (Å²) in [5, 5.41) is 10.5. The zero-order chi connectivity index (χ0) is 13.5. The molecular formula is C9H4F7O. The highest BCUT2D eigenvalue weighted by atomic mass is 19.4. The predicted octanol–water partition coefficient (Wildman–Crippen LogP) is 4.12. The van der Waals surface area contributed by atoms with E-state index >= 15 is 0 Å². The van der Waals surface area contributed by atoms with Crippen molar-refractivity contribution in [3.63, 3.8) is 0 Å². The monoisotopic (exact) mass is 261 g/mol. The van der Waals surface area contributed by atoms with Crippen LogP contribution in [0.3, 0.4) is 0 Å². The van der Waals surface area contributed by atoms with E-state index in [1.165, 1.54) is 0 Å². The quantitative estimate of drug-likeness (QED) is 0.713. The molecule has 8 heteroatoms. The van der Waals surface area contributed by atoms with Gasteiger partial charge in [0.05, 0.1) is 0 Å². The first-order valence-corrected chi connectivity index (χ1v) is 4.10. The summed E-state index contributed by atoms with van der Waals surface area (Å²) < 4.78 is 86.5. The standard InChI is InChI=1S/C9H4F7O/c10-7(11,8(12,13)9(14,15)16)5-1-3-6(17)4-2-5/h1-4H. The molecule has 0 bridgehead atoms. The van der Waals surface area contributed by atoms with Crippen LogP contribution in [0.5, 0.6) is 5.75 Å². The molecule has 0 unspecified atom stereocenters. The van der Waals surface area contributed by atoms with Gasteiger partial charge in [-0.25, -0.2) is 0 Å². The highest BCUT2D eigenvalue weighted by Crippen LogP contribution is 2.51. The maximum Gasteiger partial charge on any atom is 0.460 e. The number of rotatable bonds is 2. The summed E-state index contributed by atoms with van der Waals surface area (Å²) in [5.41, 5.74) is -1.57. The Balaban J connectivity index is 3.23. The molecule has 1 aromatic carbocycles. The van der Waals surface area contributed by atoms with Crippen molar-refractivity contribution in [2.45, 2.75) is 18.0 Å². The van der Waals surface area contributed by atoms with Crippen LogP contribution in [0.15, 0.2) is 24.3 Å². The second-order valence-electron chi connectivity index (χ2n) is 3.17. The van der Waals surface area contributed by atoms with Crippen molar-refractivity contribution in [3.8, 4) is 5.75 Å². The molecule has 0 N–H and O–H groups in total. The molecule has 0 heterocycles. The Hall–Kier alpha value is -1.47. The third-order valence-electron chi connectivity index (χ3n) is 1.97. The summed E-state index contributed by atoms with van der Waals surface area (Å²) in [6, 6.07) is 1.44. The molecule has 95 valence electrons. The van der Waals surface area contributed by atoms with Gasteiger partial charge in [0.25, 0.3) is 0 Å².